The normalized spacial score (nSPS) is 11.0. The average Bonchev–Trinajstić information content (AvgIpc) is 2.88. The predicted molar refractivity (Wildman–Crippen MR) is 53.9 cm³/mol. The summed E-state index contributed by atoms with van der Waals surface area (Å²) in [5, 5.41) is 19.1. The summed E-state index contributed by atoms with van der Waals surface area (Å²) in [4.78, 5) is 0. The Hall–Kier alpha value is -2.24. The van der Waals surface area contributed by atoms with Crippen molar-refractivity contribution in [3.05, 3.63) is 24.4 Å². The Kier molecular flexibility index (Phi) is 1.55. The highest BCUT2D eigenvalue weighted by Crippen LogP contribution is 2.20. The number of hydrogen-bond acceptors (Lipinski definition) is 4. The number of fused-ring (bicyclic) bond motifs is 1. The van der Waals surface area contributed by atoms with Gasteiger partial charge in [0.15, 0.2) is 0 Å². The fourth-order valence-electron chi connectivity index (χ4n) is 1.57. The van der Waals surface area contributed by atoms with Crippen molar-refractivity contribution in [1.29, 1.82) is 0 Å². The Morgan fingerprint density at radius 2 is 2.27 bits per heavy atom. The van der Waals surface area contributed by atoms with Crippen molar-refractivity contribution >= 4 is 10.9 Å². The van der Waals surface area contributed by atoms with Crippen molar-refractivity contribution in [3.63, 3.8) is 0 Å². The van der Waals surface area contributed by atoms with E-state index in [-0.39, 0.29) is 0 Å². The Bertz CT molecular complexity index is 594. The molecule has 3 rings (SSSR count). The van der Waals surface area contributed by atoms with E-state index in [1.165, 1.54) is 0 Å². The number of nitrogens with one attached hydrogen (secondary N) is 1. The Morgan fingerprint density at radius 1 is 1.33 bits per heavy atom. The molecule has 0 fully saturated rings. The fraction of sp³-hybridized carbons (Fsp3) is 0.111. The van der Waals surface area contributed by atoms with E-state index < -0.39 is 0 Å². The molecule has 3 aromatic rings. The van der Waals surface area contributed by atoms with Gasteiger partial charge in [-0.1, -0.05) is 12.1 Å². The van der Waals surface area contributed by atoms with Crippen LogP contribution < -0.4 is 0 Å². The van der Waals surface area contributed by atoms with Crippen molar-refractivity contribution in [3.8, 4) is 11.4 Å². The highest BCUT2D eigenvalue weighted by Gasteiger charge is 2.05. The smallest absolute Gasteiger partial charge is 0.204 e. The molecule has 0 unspecified atom stereocenters. The van der Waals surface area contributed by atoms with Gasteiger partial charge in [-0.2, -0.15) is 10.3 Å². The summed E-state index contributed by atoms with van der Waals surface area (Å²) in [5.74, 6) is 0.595. The highest BCUT2D eigenvalue weighted by atomic mass is 15.5. The SMILES string of the molecule is Cn1ncc2ccc(-c3nn[nH]n3)cc21. The first-order valence-corrected chi connectivity index (χ1v) is 4.50. The van der Waals surface area contributed by atoms with Crippen LogP contribution >= 0.6 is 0 Å². The van der Waals surface area contributed by atoms with E-state index in [2.05, 4.69) is 25.7 Å². The number of nitrogens with zero attached hydrogens (tertiary/aromatic N) is 5. The molecule has 2 heterocycles. The molecule has 0 aliphatic heterocycles. The average molecular weight is 200 g/mol. The maximum Gasteiger partial charge on any atom is 0.204 e. The van der Waals surface area contributed by atoms with Gasteiger partial charge in [0.1, 0.15) is 0 Å². The molecule has 74 valence electrons. The van der Waals surface area contributed by atoms with E-state index in [4.69, 9.17) is 0 Å². The molecule has 1 aromatic carbocycles. The van der Waals surface area contributed by atoms with Gasteiger partial charge in [0.05, 0.1) is 11.7 Å². The summed E-state index contributed by atoms with van der Waals surface area (Å²) >= 11 is 0. The molecular weight excluding hydrogens is 192 g/mol. The lowest BCUT2D eigenvalue weighted by Gasteiger charge is -1.96. The molecule has 6 heteroatoms. The second-order valence-electron chi connectivity index (χ2n) is 3.28. The number of H-pyrrole nitrogens is 1. The van der Waals surface area contributed by atoms with Gasteiger partial charge >= 0.3 is 0 Å². The van der Waals surface area contributed by atoms with Crippen LogP contribution in [0.4, 0.5) is 0 Å². The van der Waals surface area contributed by atoms with E-state index in [1.54, 1.807) is 0 Å². The van der Waals surface area contributed by atoms with Crippen molar-refractivity contribution in [2.24, 2.45) is 7.05 Å². The highest BCUT2D eigenvalue weighted by molar-refractivity contribution is 5.82. The Labute approximate surface area is 84.9 Å². The molecule has 0 atom stereocenters. The summed E-state index contributed by atoms with van der Waals surface area (Å²) < 4.78 is 1.82. The van der Waals surface area contributed by atoms with Gasteiger partial charge < -0.3 is 0 Å². The minimum absolute atomic E-state index is 0.595. The lowest BCUT2D eigenvalue weighted by Crippen LogP contribution is -1.89. The minimum atomic E-state index is 0.595. The molecule has 2 aromatic heterocycles. The molecule has 0 saturated carbocycles. The zero-order chi connectivity index (χ0) is 10.3. The first-order chi connectivity index (χ1) is 7.34. The third kappa shape index (κ3) is 1.18. The van der Waals surface area contributed by atoms with Gasteiger partial charge in [-0.25, -0.2) is 0 Å². The summed E-state index contributed by atoms with van der Waals surface area (Å²) in [7, 11) is 1.91. The standard InChI is InChI=1S/C9H8N6/c1-15-8-4-6(9-11-13-14-12-9)2-3-7(8)5-10-15/h2-5H,1H3,(H,11,12,13,14). The van der Waals surface area contributed by atoms with Gasteiger partial charge in [0.2, 0.25) is 5.82 Å². The molecule has 0 aliphatic carbocycles. The zero-order valence-corrected chi connectivity index (χ0v) is 8.05. The number of aromatic amines is 1. The quantitative estimate of drug-likeness (QED) is 0.629. The summed E-state index contributed by atoms with van der Waals surface area (Å²) in [6.45, 7) is 0. The molecule has 0 radical (unpaired) electrons. The summed E-state index contributed by atoms with van der Waals surface area (Å²) in [6.07, 6.45) is 1.83. The maximum atomic E-state index is 4.17. The summed E-state index contributed by atoms with van der Waals surface area (Å²) in [5.41, 5.74) is 1.98. The van der Waals surface area contributed by atoms with Crippen molar-refractivity contribution in [2.75, 3.05) is 0 Å². The molecule has 1 N–H and O–H groups in total. The maximum absolute atomic E-state index is 4.17. The van der Waals surface area contributed by atoms with Crippen LogP contribution in [0.5, 0.6) is 0 Å². The van der Waals surface area contributed by atoms with E-state index >= 15 is 0 Å². The number of aromatic nitrogens is 6. The Balaban J connectivity index is 2.25. The van der Waals surface area contributed by atoms with Crippen molar-refractivity contribution in [1.82, 2.24) is 30.4 Å². The number of benzene rings is 1. The first-order valence-electron chi connectivity index (χ1n) is 4.50. The van der Waals surface area contributed by atoms with E-state index in [9.17, 15) is 0 Å². The van der Waals surface area contributed by atoms with Crippen LogP contribution in [-0.4, -0.2) is 30.4 Å². The molecule has 0 aliphatic rings. The van der Waals surface area contributed by atoms with Crippen LogP contribution in [0.1, 0.15) is 0 Å². The number of aryl methyl sites for hydroxylation is 1. The fourth-order valence-corrected chi connectivity index (χ4v) is 1.57. The second kappa shape index (κ2) is 2.88. The largest absolute Gasteiger partial charge is 0.268 e. The van der Waals surface area contributed by atoms with Gasteiger partial charge in [-0.15, -0.1) is 10.2 Å². The van der Waals surface area contributed by atoms with Crippen LogP contribution in [0.15, 0.2) is 24.4 Å². The van der Waals surface area contributed by atoms with Gasteiger partial charge in [-0.3, -0.25) is 4.68 Å². The number of rotatable bonds is 1. The van der Waals surface area contributed by atoms with Crippen molar-refractivity contribution < 1.29 is 0 Å². The second-order valence-corrected chi connectivity index (χ2v) is 3.28. The van der Waals surface area contributed by atoms with E-state index in [0.29, 0.717) is 5.82 Å². The van der Waals surface area contributed by atoms with Crippen LogP contribution in [0.25, 0.3) is 22.3 Å². The minimum Gasteiger partial charge on any atom is -0.268 e. The van der Waals surface area contributed by atoms with Crippen molar-refractivity contribution in [2.45, 2.75) is 0 Å². The van der Waals surface area contributed by atoms with Crippen LogP contribution in [0.2, 0.25) is 0 Å². The van der Waals surface area contributed by atoms with E-state index in [0.717, 1.165) is 16.5 Å². The molecule has 0 spiro atoms. The predicted octanol–water partition coefficient (Wildman–Crippen LogP) is 0.753. The number of tetrazole rings is 1. The molecule has 0 saturated heterocycles. The van der Waals surface area contributed by atoms with Gasteiger partial charge in [-0.05, 0) is 11.3 Å². The third-order valence-electron chi connectivity index (χ3n) is 2.35. The lowest BCUT2D eigenvalue weighted by molar-refractivity contribution is 0.797. The molecule has 0 amide bonds. The van der Waals surface area contributed by atoms with Gasteiger partial charge in [0.25, 0.3) is 0 Å². The Morgan fingerprint density at radius 3 is 3.07 bits per heavy atom. The monoisotopic (exact) mass is 200 g/mol. The van der Waals surface area contributed by atoms with Crippen LogP contribution in [0, 0.1) is 0 Å². The lowest BCUT2D eigenvalue weighted by atomic mass is 10.1. The van der Waals surface area contributed by atoms with Gasteiger partial charge in [0, 0.05) is 18.0 Å². The molecule has 6 nitrogen and oxygen atoms in total. The molecular formula is C9H8N6. The van der Waals surface area contributed by atoms with Crippen LogP contribution in [-0.2, 0) is 7.05 Å². The number of hydrogen-bond donors (Lipinski definition) is 1. The molecule has 15 heavy (non-hydrogen) atoms. The summed E-state index contributed by atoms with van der Waals surface area (Å²) in [6, 6.07) is 5.94. The first kappa shape index (κ1) is 8.10. The molecule has 0 bridgehead atoms. The zero-order valence-electron chi connectivity index (χ0n) is 8.05. The van der Waals surface area contributed by atoms with Crippen LogP contribution in [0.3, 0.4) is 0 Å². The third-order valence-corrected chi connectivity index (χ3v) is 2.35. The topological polar surface area (TPSA) is 72.3 Å². The van der Waals surface area contributed by atoms with E-state index in [1.807, 2.05) is 36.1 Å².